The minimum absolute atomic E-state index is 0.127. The first-order valence-electron chi connectivity index (χ1n) is 13.5. The zero-order chi connectivity index (χ0) is 29.4. The fourth-order valence-electron chi connectivity index (χ4n) is 5.41. The van der Waals surface area contributed by atoms with Gasteiger partial charge in [0.15, 0.2) is 0 Å². The average molecular weight is 558 g/mol. The highest BCUT2D eigenvalue weighted by atomic mass is 19.1. The first-order valence-corrected chi connectivity index (χ1v) is 13.5. The van der Waals surface area contributed by atoms with Gasteiger partial charge in [-0.3, -0.25) is 14.5 Å². The fourth-order valence-corrected chi connectivity index (χ4v) is 5.41. The van der Waals surface area contributed by atoms with Gasteiger partial charge in [-0.25, -0.2) is 13.6 Å². The van der Waals surface area contributed by atoms with Gasteiger partial charge < -0.3 is 19.7 Å². The fraction of sp³-hybridized carbons (Fsp3) is 0.500. The van der Waals surface area contributed by atoms with Crippen LogP contribution in [-0.4, -0.2) is 60.1 Å². The minimum Gasteiger partial charge on any atom is -0.497 e. The second-order valence-corrected chi connectivity index (χ2v) is 11.8. The lowest BCUT2D eigenvalue weighted by Crippen LogP contribution is -2.47. The summed E-state index contributed by atoms with van der Waals surface area (Å²) in [5.74, 6) is -2.27. The highest BCUT2D eigenvalue weighted by molar-refractivity contribution is 5.98. The Hall–Kier alpha value is -3.69. The first kappa shape index (κ1) is 29.3. The number of methoxy groups -OCH3 is 1. The van der Waals surface area contributed by atoms with Gasteiger partial charge in [-0.15, -0.1) is 0 Å². The molecule has 4 rings (SSSR count). The Morgan fingerprint density at radius 2 is 1.57 bits per heavy atom. The SMILES string of the molecule is COc1ccc2c(c1)CCN(C(=O)OC(C)(C)C)C2C(=O)Nc1cc(F)c(C(C)(C)C(=O)N2CCCC2)c(F)c1. The number of halogens is 2. The molecule has 0 saturated carbocycles. The van der Waals surface area contributed by atoms with Crippen LogP contribution in [0.5, 0.6) is 5.75 Å². The molecule has 10 heteroatoms. The van der Waals surface area contributed by atoms with Gasteiger partial charge in [0, 0.05) is 30.9 Å². The lowest BCUT2D eigenvalue weighted by atomic mass is 9.82. The molecular weight excluding hydrogens is 520 g/mol. The molecule has 2 aliphatic heterocycles. The molecule has 2 aromatic carbocycles. The second-order valence-electron chi connectivity index (χ2n) is 11.8. The van der Waals surface area contributed by atoms with Crippen LogP contribution in [0.3, 0.4) is 0 Å². The Bertz CT molecular complexity index is 1290. The zero-order valence-corrected chi connectivity index (χ0v) is 23.9. The summed E-state index contributed by atoms with van der Waals surface area (Å²) in [5.41, 5.74) is -1.33. The summed E-state index contributed by atoms with van der Waals surface area (Å²) in [4.78, 5) is 42.7. The Morgan fingerprint density at radius 1 is 0.950 bits per heavy atom. The predicted octanol–water partition coefficient (Wildman–Crippen LogP) is 5.35. The standard InChI is InChI=1S/C30H37F2N3O5/c1-29(2,3)40-28(38)35-14-11-18-15-20(39-6)9-10-21(18)25(35)26(36)33-19-16-22(31)24(23(32)17-19)30(4,5)27(37)34-12-7-8-13-34/h9-10,15-17,25H,7-8,11-14H2,1-6H3,(H,33,36). The zero-order valence-electron chi connectivity index (χ0n) is 23.9. The Labute approximate surface area is 233 Å². The number of hydrogen-bond acceptors (Lipinski definition) is 5. The van der Waals surface area contributed by atoms with Crippen LogP contribution in [0.1, 0.15) is 70.2 Å². The molecule has 2 aliphatic rings. The number of carbonyl (C=O) groups is 3. The van der Waals surface area contributed by atoms with Gasteiger partial charge in [0.2, 0.25) is 5.91 Å². The van der Waals surface area contributed by atoms with Crippen molar-refractivity contribution in [2.75, 3.05) is 32.1 Å². The van der Waals surface area contributed by atoms with Crippen LogP contribution in [0.25, 0.3) is 0 Å². The monoisotopic (exact) mass is 557 g/mol. The highest BCUT2D eigenvalue weighted by Crippen LogP contribution is 2.36. The number of benzene rings is 2. The maximum Gasteiger partial charge on any atom is 0.411 e. The number of anilines is 1. The van der Waals surface area contributed by atoms with Crippen LogP contribution >= 0.6 is 0 Å². The van der Waals surface area contributed by atoms with Crippen LogP contribution < -0.4 is 10.1 Å². The molecule has 0 aliphatic carbocycles. The maximum absolute atomic E-state index is 15.4. The first-order chi connectivity index (χ1) is 18.7. The topological polar surface area (TPSA) is 88.2 Å². The van der Waals surface area contributed by atoms with E-state index in [0.29, 0.717) is 30.8 Å². The van der Waals surface area contributed by atoms with Crippen LogP contribution in [0.2, 0.25) is 0 Å². The highest BCUT2D eigenvalue weighted by Gasteiger charge is 2.41. The smallest absolute Gasteiger partial charge is 0.411 e. The predicted molar refractivity (Wildman–Crippen MR) is 146 cm³/mol. The molecule has 1 unspecified atom stereocenters. The molecule has 2 heterocycles. The molecule has 216 valence electrons. The van der Waals surface area contributed by atoms with Gasteiger partial charge in [0.1, 0.15) is 29.0 Å². The molecular formula is C30H37F2N3O5. The van der Waals surface area contributed by atoms with Gasteiger partial charge in [-0.05, 0) is 89.3 Å². The number of likely N-dealkylation sites (tertiary alicyclic amines) is 1. The molecule has 0 radical (unpaired) electrons. The maximum atomic E-state index is 15.4. The van der Waals surface area contributed by atoms with Crippen molar-refractivity contribution in [3.8, 4) is 5.75 Å². The summed E-state index contributed by atoms with van der Waals surface area (Å²) >= 11 is 0. The van der Waals surface area contributed by atoms with Crippen molar-refractivity contribution >= 4 is 23.6 Å². The third kappa shape index (κ3) is 5.90. The van der Waals surface area contributed by atoms with Gasteiger partial charge in [-0.1, -0.05) is 6.07 Å². The van der Waals surface area contributed by atoms with E-state index in [1.807, 2.05) is 0 Å². The number of nitrogens with zero attached hydrogens (tertiary/aromatic N) is 2. The van der Waals surface area contributed by atoms with Gasteiger partial charge in [0.05, 0.1) is 12.5 Å². The molecule has 1 N–H and O–H groups in total. The van der Waals surface area contributed by atoms with Crippen molar-refractivity contribution in [3.63, 3.8) is 0 Å². The third-order valence-corrected chi connectivity index (χ3v) is 7.32. The molecule has 3 amide bonds. The van der Waals surface area contributed by atoms with Gasteiger partial charge in [0.25, 0.3) is 5.91 Å². The van der Waals surface area contributed by atoms with E-state index < -0.39 is 40.7 Å². The average Bonchev–Trinajstić information content (AvgIpc) is 3.40. The molecule has 0 aromatic heterocycles. The molecule has 1 saturated heterocycles. The van der Waals surface area contributed by atoms with E-state index in [9.17, 15) is 14.4 Å². The second kappa shape index (κ2) is 11.1. The van der Waals surface area contributed by atoms with E-state index >= 15 is 8.78 Å². The normalized spacial score (nSPS) is 17.4. The van der Waals surface area contributed by atoms with Crippen LogP contribution in [0.15, 0.2) is 30.3 Å². The minimum atomic E-state index is -1.43. The number of nitrogens with one attached hydrogen (secondary N) is 1. The number of amides is 3. The van der Waals surface area contributed by atoms with Crippen molar-refractivity contribution in [3.05, 3.63) is 58.7 Å². The third-order valence-electron chi connectivity index (χ3n) is 7.32. The summed E-state index contributed by atoms with van der Waals surface area (Å²) in [6, 6.07) is 6.09. The van der Waals surface area contributed by atoms with E-state index in [0.717, 1.165) is 30.5 Å². The Morgan fingerprint density at radius 3 is 2.15 bits per heavy atom. The van der Waals surface area contributed by atoms with Gasteiger partial charge >= 0.3 is 6.09 Å². The molecule has 0 spiro atoms. The van der Waals surface area contributed by atoms with Crippen molar-refractivity contribution in [2.24, 2.45) is 0 Å². The molecule has 2 aromatic rings. The van der Waals surface area contributed by atoms with E-state index in [1.165, 1.54) is 25.9 Å². The molecule has 1 fully saturated rings. The molecule has 1 atom stereocenters. The molecule has 40 heavy (non-hydrogen) atoms. The van der Waals surface area contributed by atoms with Gasteiger partial charge in [-0.2, -0.15) is 0 Å². The van der Waals surface area contributed by atoms with E-state index in [4.69, 9.17) is 9.47 Å². The van der Waals surface area contributed by atoms with Crippen LogP contribution in [0.4, 0.5) is 19.3 Å². The summed E-state index contributed by atoms with van der Waals surface area (Å²) < 4.78 is 41.7. The van der Waals surface area contributed by atoms with Crippen molar-refractivity contribution < 1.29 is 32.6 Å². The van der Waals surface area contributed by atoms with E-state index in [2.05, 4.69) is 5.32 Å². The number of ether oxygens (including phenoxy) is 2. The number of fused-ring (bicyclic) bond motifs is 1. The summed E-state index contributed by atoms with van der Waals surface area (Å²) in [6.07, 6.45) is 1.50. The van der Waals surface area contributed by atoms with Crippen molar-refractivity contribution in [1.82, 2.24) is 9.80 Å². The Balaban J connectivity index is 1.65. The van der Waals surface area contributed by atoms with Crippen LogP contribution in [-0.2, 0) is 26.2 Å². The summed E-state index contributed by atoms with van der Waals surface area (Å²) in [7, 11) is 1.54. The lowest BCUT2D eigenvalue weighted by molar-refractivity contribution is -0.135. The van der Waals surface area contributed by atoms with Crippen molar-refractivity contribution in [2.45, 2.75) is 70.9 Å². The number of hydrogen-bond donors (Lipinski definition) is 1. The van der Waals surface area contributed by atoms with Crippen LogP contribution in [0, 0.1) is 11.6 Å². The summed E-state index contributed by atoms with van der Waals surface area (Å²) in [5, 5.41) is 2.58. The molecule has 0 bridgehead atoms. The van der Waals surface area contributed by atoms with E-state index in [-0.39, 0.29) is 23.7 Å². The Kier molecular flexibility index (Phi) is 8.10. The quantitative estimate of drug-likeness (QED) is 0.536. The van der Waals surface area contributed by atoms with Crippen molar-refractivity contribution in [1.29, 1.82) is 0 Å². The molecule has 8 nitrogen and oxygen atoms in total. The lowest BCUT2D eigenvalue weighted by Gasteiger charge is -2.37. The number of rotatable bonds is 5. The summed E-state index contributed by atoms with van der Waals surface area (Å²) in [6.45, 7) is 9.49. The largest absolute Gasteiger partial charge is 0.497 e. The van der Waals surface area contributed by atoms with E-state index in [1.54, 1.807) is 43.9 Å². The number of carbonyl (C=O) groups excluding carboxylic acids is 3.